The zero-order valence-corrected chi connectivity index (χ0v) is 24.2. The molecule has 9 nitrogen and oxygen atoms in total. The number of primary amides is 1. The molecule has 10 heteroatoms. The van der Waals surface area contributed by atoms with Gasteiger partial charge < -0.3 is 25.3 Å². The molecule has 2 amide bonds. The molecule has 0 unspecified atom stereocenters. The zero-order chi connectivity index (χ0) is 30.3. The molecule has 1 aliphatic heterocycles. The van der Waals surface area contributed by atoms with Crippen LogP contribution in [-0.2, 0) is 9.59 Å². The van der Waals surface area contributed by atoms with Crippen LogP contribution in [0.3, 0.4) is 0 Å². The number of rotatable bonds is 10. The van der Waals surface area contributed by atoms with Crippen molar-refractivity contribution in [3.63, 3.8) is 0 Å². The van der Waals surface area contributed by atoms with Gasteiger partial charge in [0.05, 0.1) is 25.3 Å². The molecule has 1 aliphatic rings. The number of pyridine rings is 1. The van der Waals surface area contributed by atoms with E-state index >= 15 is 4.39 Å². The highest BCUT2D eigenvalue weighted by Crippen LogP contribution is 2.39. The molecule has 43 heavy (non-hydrogen) atoms. The number of hydrogen-bond donors (Lipinski definition) is 2. The molecule has 3 N–H and O–H groups in total. The Kier molecular flexibility index (Phi) is 9.36. The van der Waals surface area contributed by atoms with Crippen LogP contribution in [0.25, 0.3) is 10.9 Å². The summed E-state index contributed by atoms with van der Waals surface area (Å²) < 4.78 is 33.3. The Labute approximate surface area is 249 Å². The molecule has 0 bridgehead atoms. The lowest BCUT2D eigenvalue weighted by atomic mass is 9.99. The van der Waals surface area contributed by atoms with Crippen molar-refractivity contribution >= 4 is 28.4 Å². The highest BCUT2D eigenvalue weighted by Gasteiger charge is 2.29. The van der Waals surface area contributed by atoms with Crippen LogP contribution in [0.2, 0.25) is 0 Å². The molecule has 1 saturated heterocycles. The Balaban J connectivity index is 1.43. The molecule has 0 saturated carbocycles. The van der Waals surface area contributed by atoms with Crippen molar-refractivity contribution in [2.75, 3.05) is 31.7 Å². The lowest BCUT2D eigenvalue weighted by Crippen LogP contribution is -2.42. The average molecular weight is 587 g/mol. The smallest absolute Gasteiger partial charge is 0.316 e. The molecule has 5 rings (SSSR count). The third kappa shape index (κ3) is 6.70. The van der Waals surface area contributed by atoms with Crippen LogP contribution in [0, 0.1) is 11.7 Å². The van der Waals surface area contributed by atoms with Gasteiger partial charge in [-0.15, -0.1) is 0 Å². The van der Waals surface area contributed by atoms with E-state index in [0.29, 0.717) is 47.1 Å². The first kappa shape index (κ1) is 29.8. The fraction of sp³-hybridized carbons (Fsp3) is 0.303. The molecule has 0 aliphatic carbocycles. The van der Waals surface area contributed by atoms with E-state index in [-0.39, 0.29) is 11.4 Å². The first-order valence-electron chi connectivity index (χ1n) is 14.3. The quantitative estimate of drug-likeness (QED) is 0.235. The number of nitrogens with zero attached hydrogens (tertiary/aromatic N) is 2. The van der Waals surface area contributed by atoms with Gasteiger partial charge in [-0.05, 0) is 68.1 Å². The summed E-state index contributed by atoms with van der Waals surface area (Å²) in [5.74, 6) is -0.938. The van der Waals surface area contributed by atoms with Crippen LogP contribution in [0.5, 0.6) is 23.0 Å². The van der Waals surface area contributed by atoms with Gasteiger partial charge in [0.2, 0.25) is 0 Å². The molecule has 1 aromatic heterocycles. The summed E-state index contributed by atoms with van der Waals surface area (Å²) in [5.41, 5.74) is 6.95. The predicted octanol–water partition coefficient (Wildman–Crippen LogP) is 5.52. The number of ether oxygens (including phenoxy) is 3. The highest BCUT2D eigenvalue weighted by atomic mass is 19.1. The minimum Gasteiger partial charge on any atom is -0.493 e. The number of amides is 2. The fourth-order valence-corrected chi connectivity index (χ4v) is 5.39. The molecular formula is C33H35FN4O5. The number of nitrogens with one attached hydrogen (secondary N) is 1. The van der Waals surface area contributed by atoms with E-state index in [0.717, 1.165) is 31.5 Å². The van der Waals surface area contributed by atoms with Gasteiger partial charge in [-0.25, -0.2) is 4.39 Å². The molecule has 224 valence electrons. The van der Waals surface area contributed by atoms with E-state index in [1.54, 1.807) is 31.5 Å². The summed E-state index contributed by atoms with van der Waals surface area (Å²) in [5, 5.41) is 3.96. The highest BCUT2D eigenvalue weighted by molar-refractivity contribution is 6.40. The monoisotopic (exact) mass is 586 g/mol. The van der Waals surface area contributed by atoms with E-state index in [2.05, 4.69) is 10.3 Å². The van der Waals surface area contributed by atoms with Crippen molar-refractivity contribution in [3.8, 4) is 23.0 Å². The van der Waals surface area contributed by atoms with Crippen molar-refractivity contribution in [1.29, 1.82) is 0 Å². The molecule has 0 spiro atoms. The maximum absolute atomic E-state index is 15.6. The Hall–Kier alpha value is -4.70. The van der Waals surface area contributed by atoms with Gasteiger partial charge in [0.25, 0.3) is 0 Å². The second-order valence-electron chi connectivity index (χ2n) is 10.4. The Bertz CT molecular complexity index is 1590. The van der Waals surface area contributed by atoms with Crippen molar-refractivity contribution in [1.82, 2.24) is 10.3 Å². The largest absolute Gasteiger partial charge is 0.493 e. The van der Waals surface area contributed by atoms with Crippen LogP contribution >= 0.6 is 0 Å². The number of anilines is 1. The molecule has 0 radical (unpaired) electrons. The number of benzene rings is 3. The van der Waals surface area contributed by atoms with Gasteiger partial charge in [0.1, 0.15) is 5.75 Å². The summed E-state index contributed by atoms with van der Waals surface area (Å²) in [6, 6.07) is 18.0. The summed E-state index contributed by atoms with van der Waals surface area (Å²) >= 11 is 0. The summed E-state index contributed by atoms with van der Waals surface area (Å²) in [4.78, 5) is 30.6. The van der Waals surface area contributed by atoms with Crippen LogP contribution < -0.4 is 30.2 Å². The summed E-state index contributed by atoms with van der Waals surface area (Å²) in [6.07, 6.45) is 4.15. The lowest BCUT2D eigenvalue weighted by molar-refractivity contribution is -0.136. The van der Waals surface area contributed by atoms with Gasteiger partial charge in [-0.2, -0.15) is 0 Å². The third-order valence-corrected chi connectivity index (χ3v) is 7.65. The molecule has 2 heterocycles. The third-order valence-electron chi connectivity index (χ3n) is 7.65. The van der Waals surface area contributed by atoms with Crippen LogP contribution in [0.1, 0.15) is 37.8 Å². The molecule has 1 atom stereocenters. The average Bonchev–Trinajstić information content (AvgIpc) is 3.03. The number of piperidine rings is 1. The molecule has 1 fully saturated rings. The summed E-state index contributed by atoms with van der Waals surface area (Å²) in [6.45, 7) is 4.41. The first-order valence-corrected chi connectivity index (χ1v) is 14.3. The van der Waals surface area contributed by atoms with Crippen molar-refractivity contribution < 1.29 is 28.2 Å². The van der Waals surface area contributed by atoms with Crippen LogP contribution in [0.15, 0.2) is 72.9 Å². The number of fused-ring (bicyclic) bond motifs is 1. The Morgan fingerprint density at radius 2 is 1.79 bits per heavy atom. The van der Waals surface area contributed by atoms with Gasteiger partial charge in [-0.3, -0.25) is 19.5 Å². The number of hydrogen-bond acceptors (Lipinski definition) is 7. The van der Waals surface area contributed by atoms with Crippen molar-refractivity contribution in [2.45, 2.75) is 32.2 Å². The van der Waals surface area contributed by atoms with Crippen molar-refractivity contribution in [2.24, 2.45) is 11.7 Å². The second-order valence-corrected chi connectivity index (χ2v) is 10.4. The fourth-order valence-electron chi connectivity index (χ4n) is 5.39. The number of carbonyl (C=O) groups is 2. The number of carbonyl (C=O) groups excluding carboxylic acids is 2. The minimum absolute atomic E-state index is 0.0688. The van der Waals surface area contributed by atoms with E-state index in [1.807, 2.05) is 37.3 Å². The van der Waals surface area contributed by atoms with E-state index in [4.69, 9.17) is 19.9 Å². The van der Waals surface area contributed by atoms with E-state index in [1.165, 1.54) is 23.1 Å². The van der Waals surface area contributed by atoms with Crippen LogP contribution in [0.4, 0.5) is 10.1 Å². The number of aromatic nitrogens is 1. The topological polar surface area (TPSA) is 116 Å². The molecule has 3 aromatic carbocycles. The first-order chi connectivity index (χ1) is 20.9. The zero-order valence-electron chi connectivity index (χ0n) is 24.2. The van der Waals surface area contributed by atoms with Gasteiger partial charge >= 0.3 is 11.8 Å². The minimum atomic E-state index is -1.13. The summed E-state index contributed by atoms with van der Waals surface area (Å²) in [7, 11) is 1.56. The maximum Gasteiger partial charge on any atom is 0.316 e. The Morgan fingerprint density at radius 1 is 1.02 bits per heavy atom. The lowest BCUT2D eigenvalue weighted by Gasteiger charge is -2.31. The number of methoxy groups -OCH3 is 1. The van der Waals surface area contributed by atoms with E-state index < -0.39 is 23.7 Å². The normalized spacial score (nSPS) is 14.2. The maximum atomic E-state index is 15.6. The van der Waals surface area contributed by atoms with E-state index in [9.17, 15) is 9.59 Å². The standard InChI is InChI=1S/C33H35FN4O5/c1-3-27(22-7-5-4-6-8-22)38(33(40)32(35)39)23-9-10-29(25(34)17-23)43-28-13-16-37-26-19-31(30(41-2)18-24(26)28)42-20-21-11-14-36-15-12-21/h4-10,13,16-19,21,27,36H,3,11-12,14-15,20H2,1-2H3,(H2,35,39)/t27-/m1/s1. The SMILES string of the molecule is CC[C@H](c1ccccc1)N(C(=O)C(N)=O)c1ccc(Oc2ccnc3cc(OCC4CCNCC4)c(OC)cc23)c(F)c1. The van der Waals surface area contributed by atoms with Gasteiger partial charge in [0, 0.05) is 29.4 Å². The van der Waals surface area contributed by atoms with Gasteiger partial charge in [0.15, 0.2) is 23.1 Å². The van der Waals surface area contributed by atoms with Crippen molar-refractivity contribution in [3.05, 3.63) is 84.3 Å². The van der Waals surface area contributed by atoms with Gasteiger partial charge in [-0.1, -0.05) is 37.3 Å². The Morgan fingerprint density at radius 3 is 2.47 bits per heavy atom. The number of halogens is 1. The second kappa shape index (κ2) is 13.5. The number of nitrogens with two attached hydrogens (primary N) is 1. The predicted molar refractivity (Wildman–Crippen MR) is 162 cm³/mol. The molecular weight excluding hydrogens is 551 g/mol. The van der Waals surface area contributed by atoms with Crippen LogP contribution in [-0.4, -0.2) is 43.6 Å². The molecule has 4 aromatic rings.